The van der Waals surface area contributed by atoms with Crippen LogP contribution in [0.4, 0.5) is 5.82 Å². The fourth-order valence-electron chi connectivity index (χ4n) is 2.68. The van der Waals surface area contributed by atoms with Gasteiger partial charge in [-0.05, 0) is 44.7 Å². The summed E-state index contributed by atoms with van der Waals surface area (Å²) in [6, 6.07) is 5.56. The molecule has 0 radical (unpaired) electrons. The van der Waals surface area contributed by atoms with E-state index in [9.17, 15) is 0 Å². The van der Waals surface area contributed by atoms with Gasteiger partial charge in [0.1, 0.15) is 5.82 Å². The number of nitrogens with zero attached hydrogens (tertiary/aromatic N) is 2. The van der Waals surface area contributed by atoms with E-state index in [1.54, 1.807) is 0 Å². The molecule has 1 unspecified atom stereocenters. The second-order valence-corrected chi connectivity index (χ2v) is 5.99. The summed E-state index contributed by atoms with van der Waals surface area (Å²) >= 11 is 0. The van der Waals surface area contributed by atoms with Gasteiger partial charge in [-0.15, -0.1) is 0 Å². The Morgan fingerprint density at radius 2 is 2.16 bits per heavy atom. The van der Waals surface area contributed by atoms with Gasteiger partial charge in [-0.2, -0.15) is 0 Å². The number of hydrogen-bond donors (Lipinski definition) is 1. The molecule has 0 amide bonds. The van der Waals surface area contributed by atoms with E-state index >= 15 is 0 Å². The predicted molar refractivity (Wildman–Crippen MR) is 81.6 cm³/mol. The second kappa shape index (κ2) is 6.38. The molecule has 2 rings (SSSR count). The smallest absolute Gasteiger partial charge is 0.129 e. The van der Waals surface area contributed by atoms with Crippen molar-refractivity contribution in [3.63, 3.8) is 0 Å². The Morgan fingerprint density at radius 1 is 1.37 bits per heavy atom. The molecule has 1 aromatic rings. The first-order valence-corrected chi connectivity index (χ1v) is 7.54. The summed E-state index contributed by atoms with van der Waals surface area (Å²) < 4.78 is 0. The van der Waals surface area contributed by atoms with Gasteiger partial charge in [0, 0.05) is 30.9 Å². The van der Waals surface area contributed by atoms with Crippen LogP contribution in [0.15, 0.2) is 12.1 Å². The lowest BCUT2D eigenvalue weighted by atomic mass is 10.0. The zero-order chi connectivity index (χ0) is 13.8. The van der Waals surface area contributed by atoms with Crippen molar-refractivity contribution in [3.05, 3.63) is 23.4 Å². The van der Waals surface area contributed by atoms with Crippen LogP contribution in [-0.2, 0) is 6.54 Å². The van der Waals surface area contributed by atoms with Gasteiger partial charge in [0.05, 0.1) is 0 Å². The Morgan fingerprint density at radius 3 is 2.79 bits per heavy atom. The van der Waals surface area contributed by atoms with E-state index < -0.39 is 0 Å². The van der Waals surface area contributed by atoms with Crippen molar-refractivity contribution in [1.82, 2.24) is 10.3 Å². The topological polar surface area (TPSA) is 28.2 Å². The number of aromatic nitrogens is 1. The molecule has 0 aliphatic carbocycles. The molecule has 0 aromatic carbocycles. The monoisotopic (exact) mass is 261 g/mol. The van der Waals surface area contributed by atoms with E-state index in [1.807, 2.05) is 0 Å². The number of rotatable bonds is 4. The summed E-state index contributed by atoms with van der Waals surface area (Å²) in [5.41, 5.74) is 2.46. The van der Waals surface area contributed by atoms with Crippen molar-refractivity contribution in [2.45, 2.75) is 65.6 Å². The summed E-state index contributed by atoms with van der Waals surface area (Å²) in [5.74, 6) is 1.15. The van der Waals surface area contributed by atoms with Crippen molar-refractivity contribution < 1.29 is 0 Å². The molecule has 2 heterocycles. The van der Waals surface area contributed by atoms with E-state index in [2.05, 4.69) is 50.0 Å². The molecule has 1 aromatic heterocycles. The third-order valence-electron chi connectivity index (χ3n) is 3.98. The maximum absolute atomic E-state index is 4.81. The lowest BCUT2D eigenvalue weighted by Gasteiger charge is -2.34. The number of piperidine rings is 1. The standard InChI is InChI=1S/C16H27N3/c1-12(2)17-11-15-8-9-16(18-14(15)4)19-10-6-5-7-13(19)3/h8-9,12-13,17H,5-7,10-11H2,1-4H3. The van der Waals surface area contributed by atoms with Gasteiger partial charge in [0.25, 0.3) is 0 Å². The van der Waals surface area contributed by atoms with Crippen LogP contribution in [0.5, 0.6) is 0 Å². The molecule has 0 spiro atoms. The maximum atomic E-state index is 4.81. The highest BCUT2D eigenvalue weighted by Crippen LogP contribution is 2.23. The highest BCUT2D eigenvalue weighted by atomic mass is 15.2. The molecule has 1 saturated heterocycles. The minimum Gasteiger partial charge on any atom is -0.354 e. The first-order chi connectivity index (χ1) is 9.08. The largest absolute Gasteiger partial charge is 0.354 e. The van der Waals surface area contributed by atoms with Crippen LogP contribution in [0, 0.1) is 6.92 Å². The van der Waals surface area contributed by atoms with E-state index in [0.29, 0.717) is 12.1 Å². The Hall–Kier alpha value is -1.09. The molecule has 0 saturated carbocycles. The number of hydrogen-bond acceptors (Lipinski definition) is 3. The molecule has 3 heteroatoms. The van der Waals surface area contributed by atoms with E-state index in [0.717, 1.165) is 24.6 Å². The normalized spacial score (nSPS) is 20.1. The number of aryl methyl sites for hydroxylation is 1. The average molecular weight is 261 g/mol. The number of nitrogens with one attached hydrogen (secondary N) is 1. The molecular weight excluding hydrogens is 234 g/mol. The van der Waals surface area contributed by atoms with Crippen LogP contribution >= 0.6 is 0 Å². The highest BCUT2D eigenvalue weighted by Gasteiger charge is 2.19. The SMILES string of the molecule is Cc1nc(N2CCCCC2C)ccc1CNC(C)C. The van der Waals surface area contributed by atoms with Gasteiger partial charge >= 0.3 is 0 Å². The molecule has 1 fully saturated rings. The van der Waals surface area contributed by atoms with Gasteiger partial charge in [-0.3, -0.25) is 0 Å². The molecule has 3 nitrogen and oxygen atoms in total. The molecule has 1 aliphatic rings. The van der Waals surface area contributed by atoms with Crippen LogP contribution in [0.1, 0.15) is 51.3 Å². The van der Waals surface area contributed by atoms with Gasteiger partial charge in [-0.1, -0.05) is 19.9 Å². The number of anilines is 1. The molecule has 106 valence electrons. The lowest BCUT2D eigenvalue weighted by molar-refractivity contribution is 0.481. The summed E-state index contributed by atoms with van der Waals surface area (Å²) in [5, 5.41) is 3.46. The van der Waals surface area contributed by atoms with Crippen molar-refractivity contribution in [2.75, 3.05) is 11.4 Å². The lowest BCUT2D eigenvalue weighted by Crippen LogP contribution is -2.38. The van der Waals surface area contributed by atoms with Crippen molar-refractivity contribution in [3.8, 4) is 0 Å². The number of pyridine rings is 1. The Balaban J connectivity index is 2.09. The average Bonchev–Trinajstić information content (AvgIpc) is 2.37. The highest BCUT2D eigenvalue weighted by molar-refractivity contribution is 5.43. The minimum absolute atomic E-state index is 0.515. The van der Waals surface area contributed by atoms with Crippen molar-refractivity contribution >= 4 is 5.82 Å². The summed E-state index contributed by atoms with van der Waals surface area (Å²) in [4.78, 5) is 7.27. The molecule has 1 atom stereocenters. The maximum Gasteiger partial charge on any atom is 0.129 e. The third-order valence-corrected chi connectivity index (χ3v) is 3.98. The van der Waals surface area contributed by atoms with Gasteiger partial charge < -0.3 is 10.2 Å². The molecule has 0 bridgehead atoms. The van der Waals surface area contributed by atoms with Crippen molar-refractivity contribution in [2.24, 2.45) is 0 Å². The third kappa shape index (κ3) is 3.69. The van der Waals surface area contributed by atoms with E-state index in [4.69, 9.17) is 4.98 Å². The zero-order valence-corrected chi connectivity index (χ0v) is 12.7. The molecule has 1 aliphatic heterocycles. The molecular formula is C16H27N3. The van der Waals surface area contributed by atoms with Crippen LogP contribution < -0.4 is 10.2 Å². The Kier molecular flexibility index (Phi) is 4.81. The Labute approximate surface area is 117 Å². The molecule has 19 heavy (non-hydrogen) atoms. The zero-order valence-electron chi connectivity index (χ0n) is 12.7. The van der Waals surface area contributed by atoms with E-state index in [1.165, 1.54) is 24.8 Å². The van der Waals surface area contributed by atoms with Gasteiger partial charge in [0.15, 0.2) is 0 Å². The second-order valence-electron chi connectivity index (χ2n) is 5.99. The predicted octanol–water partition coefficient (Wildman–Crippen LogP) is 3.27. The van der Waals surface area contributed by atoms with Crippen molar-refractivity contribution in [1.29, 1.82) is 0 Å². The van der Waals surface area contributed by atoms with Crippen LogP contribution in [0.2, 0.25) is 0 Å². The van der Waals surface area contributed by atoms with Crippen LogP contribution in [0.25, 0.3) is 0 Å². The van der Waals surface area contributed by atoms with Gasteiger partial charge in [0.2, 0.25) is 0 Å². The van der Waals surface area contributed by atoms with Crippen LogP contribution in [0.3, 0.4) is 0 Å². The summed E-state index contributed by atoms with van der Waals surface area (Å²) in [7, 11) is 0. The summed E-state index contributed by atoms with van der Waals surface area (Å²) in [6.45, 7) is 10.8. The summed E-state index contributed by atoms with van der Waals surface area (Å²) in [6.07, 6.45) is 3.94. The first-order valence-electron chi connectivity index (χ1n) is 7.54. The van der Waals surface area contributed by atoms with Gasteiger partial charge in [-0.25, -0.2) is 4.98 Å². The van der Waals surface area contributed by atoms with Crippen LogP contribution in [-0.4, -0.2) is 23.6 Å². The van der Waals surface area contributed by atoms with E-state index in [-0.39, 0.29) is 0 Å². The quantitative estimate of drug-likeness (QED) is 0.901. The minimum atomic E-state index is 0.515. The molecule has 1 N–H and O–H groups in total. The fraction of sp³-hybridized carbons (Fsp3) is 0.688. The fourth-order valence-corrected chi connectivity index (χ4v) is 2.68. The first kappa shape index (κ1) is 14.3. The Bertz CT molecular complexity index is 414.